The highest BCUT2D eigenvalue weighted by atomic mass is 127. The van der Waals surface area contributed by atoms with Gasteiger partial charge in [-0.25, -0.2) is 0 Å². The molecular weight excluding hydrogens is 474 g/mol. The Morgan fingerprint density at radius 1 is 1.35 bits per heavy atom. The third kappa shape index (κ3) is 5.46. The number of rotatable bonds is 6. The summed E-state index contributed by atoms with van der Waals surface area (Å²) < 4.78 is 1.97. The van der Waals surface area contributed by atoms with Crippen molar-refractivity contribution in [2.75, 3.05) is 4.43 Å². The molecule has 0 aromatic rings. The third-order valence-electron chi connectivity index (χ3n) is 4.66. The third-order valence-corrected chi connectivity index (χ3v) is 6.41. The average Bonchev–Trinajstić information content (AvgIpc) is 2.52. The number of hydrogen-bond acceptors (Lipinski definition) is 2. The predicted molar refractivity (Wildman–Crippen MR) is 107 cm³/mol. The molecule has 0 saturated carbocycles. The molecule has 5 atom stereocenters. The second kappa shape index (κ2) is 8.96. The molecule has 0 bridgehead atoms. The van der Waals surface area contributed by atoms with Gasteiger partial charge in [-0.1, -0.05) is 72.9 Å². The van der Waals surface area contributed by atoms with Crippen LogP contribution in [0.2, 0.25) is 0 Å². The highest BCUT2D eigenvalue weighted by Crippen LogP contribution is 2.30. The van der Waals surface area contributed by atoms with Crippen LogP contribution in [-0.4, -0.2) is 14.1 Å². The van der Waals surface area contributed by atoms with Crippen LogP contribution in [0.1, 0.15) is 47.0 Å². The molecule has 4 heteroatoms. The predicted octanol–water partition coefficient (Wildman–Crippen LogP) is 5.19. The average molecular weight is 502 g/mol. The topological polar surface area (TPSA) is 38.4 Å². The van der Waals surface area contributed by atoms with Gasteiger partial charge in [0.15, 0.2) is 0 Å². The fourth-order valence-corrected chi connectivity index (χ4v) is 4.21. The zero-order valence-electron chi connectivity index (χ0n) is 13.1. The van der Waals surface area contributed by atoms with Crippen LogP contribution >= 0.6 is 45.2 Å². The molecule has 0 fully saturated rings. The molecule has 116 valence electrons. The van der Waals surface area contributed by atoms with E-state index in [-0.39, 0.29) is 0 Å². The molecule has 1 aliphatic heterocycles. The summed E-state index contributed by atoms with van der Waals surface area (Å²) in [6, 6.07) is 0. The Labute approximate surface area is 151 Å². The van der Waals surface area contributed by atoms with Crippen LogP contribution in [0.5, 0.6) is 0 Å². The van der Waals surface area contributed by atoms with Crippen molar-refractivity contribution in [3.63, 3.8) is 0 Å². The lowest BCUT2D eigenvalue weighted by molar-refractivity contribution is 0.419. The van der Waals surface area contributed by atoms with Gasteiger partial charge in [0.05, 0.1) is 0 Å². The molecule has 0 aliphatic carbocycles. The van der Waals surface area contributed by atoms with Gasteiger partial charge in [-0.2, -0.15) is 0 Å². The smallest absolute Gasteiger partial charge is 0.0457 e. The van der Waals surface area contributed by atoms with Crippen LogP contribution in [0, 0.1) is 23.7 Å². The quantitative estimate of drug-likeness (QED) is 0.394. The largest absolute Gasteiger partial charge is 0.401 e. The molecule has 0 saturated heterocycles. The van der Waals surface area contributed by atoms with Crippen molar-refractivity contribution in [2.45, 2.75) is 50.9 Å². The first-order valence-electron chi connectivity index (χ1n) is 7.58. The number of alkyl halides is 2. The molecule has 1 heterocycles. The number of aliphatic imine (C=N–C) groups is 1. The van der Waals surface area contributed by atoms with E-state index >= 15 is 0 Å². The normalized spacial score (nSPS) is 28.1. The molecule has 0 aromatic carbocycles. The van der Waals surface area contributed by atoms with E-state index in [0.29, 0.717) is 17.8 Å². The van der Waals surface area contributed by atoms with Gasteiger partial charge in [-0.15, -0.1) is 0 Å². The van der Waals surface area contributed by atoms with Crippen LogP contribution in [0.4, 0.5) is 0 Å². The van der Waals surface area contributed by atoms with E-state index < -0.39 is 0 Å². The number of nitrogens with two attached hydrogens (primary N) is 1. The lowest BCUT2D eigenvalue weighted by Gasteiger charge is -2.26. The van der Waals surface area contributed by atoms with Crippen molar-refractivity contribution in [1.29, 1.82) is 0 Å². The summed E-state index contributed by atoms with van der Waals surface area (Å²) in [6.07, 6.45) is 5.60. The Bertz CT molecular complexity index is 363. The molecule has 5 unspecified atom stereocenters. The molecule has 0 amide bonds. The zero-order chi connectivity index (χ0) is 15.3. The van der Waals surface area contributed by atoms with Gasteiger partial charge in [0.1, 0.15) is 0 Å². The highest BCUT2D eigenvalue weighted by molar-refractivity contribution is 14.1. The molecule has 1 aliphatic rings. The monoisotopic (exact) mass is 502 g/mol. The fourth-order valence-electron chi connectivity index (χ4n) is 2.64. The van der Waals surface area contributed by atoms with E-state index in [4.69, 9.17) is 10.7 Å². The second-order valence-electron chi connectivity index (χ2n) is 6.28. The van der Waals surface area contributed by atoms with E-state index in [1.54, 1.807) is 0 Å². The minimum Gasteiger partial charge on any atom is -0.401 e. The minimum atomic E-state index is 0.441. The molecule has 0 aromatic heterocycles. The molecule has 2 N–H and O–H groups in total. The van der Waals surface area contributed by atoms with Crippen molar-refractivity contribution in [3.05, 3.63) is 11.9 Å². The summed E-state index contributed by atoms with van der Waals surface area (Å²) in [5.41, 5.74) is 8.38. The van der Waals surface area contributed by atoms with Crippen LogP contribution in [0.25, 0.3) is 0 Å². The number of nitrogens with zero attached hydrogens (tertiary/aromatic N) is 1. The van der Waals surface area contributed by atoms with Gasteiger partial charge in [-0.05, 0) is 37.0 Å². The van der Waals surface area contributed by atoms with Crippen LogP contribution < -0.4 is 5.73 Å². The molecule has 0 spiro atoms. The first kappa shape index (κ1) is 18.7. The summed E-state index contributed by atoms with van der Waals surface area (Å²) in [5, 5.41) is 0. The van der Waals surface area contributed by atoms with E-state index in [9.17, 15) is 0 Å². The van der Waals surface area contributed by atoms with Gasteiger partial charge in [-0.3, -0.25) is 4.99 Å². The summed E-state index contributed by atoms with van der Waals surface area (Å²) in [7, 11) is 0. The van der Waals surface area contributed by atoms with Crippen molar-refractivity contribution >= 4 is 50.9 Å². The van der Waals surface area contributed by atoms with E-state index in [1.165, 1.54) is 23.0 Å². The Kier molecular flexibility index (Phi) is 8.38. The summed E-state index contributed by atoms with van der Waals surface area (Å²) in [5.74, 6) is 2.34. The lowest BCUT2D eigenvalue weighted by Crippen LogP contribution is -2.25. The van der Waals surface area contributed by atoms with Crippen LogP contribution in [0.3, 0.4) is 0 Å². The molecule has 0 radical (unpaired) electrons. The summed E-state index contributed by atoms with van der Waals surface area (Å²) in [4.78, 5) is 4.73. The summed E-state index contributed by atoms with van der Waals surface area (Å²) >= 11 is 5.06. The van der Waals surface area contributed by atoms with Gasteiger partial charge in [0, 0.05) is 31.9 Å². The number of halogens is 2. The Balaban J connectivity index is 2.76. The maximum atomic E-state index is 6.09. The number of hydrogen-bond donors (Lipinski definition) is 1. The first-order valence-corrected chi connectivity index (χ1v) is 10.4. The minimum absolute atomic E-state index is 0.441. The highest BCUT2D eigenvalue weighted by Gasteiger charge is 2.26. The van der Waals surface area contributed by atoms with E-state index in [2.05, 4.69) is 72.9 Å². The Morgan fingerprint density at radius 2 is 2.00 bits per heavy atom. The second-order valence-corrected chi connectivity index (χ2v) is 9.29. The van der Waals surface area contributed by atoms with Crippen molar-refractivity contribution < 1.29 is 0 Å². The van der Waals surface area contributed by atoms with Crippen molar-refractivity contribution in [3.8, 4) is 0 Å². The lowest BCUT2D eigenvalue weighted by atomic mass is 9.81. The molecular formula is C16H28I2N2. The Hall–Kier alpha value is 0.670. The van der Waals surface area contributed by atoms with Gasteiger partial charge >= 0.3 is 0 Å². The van der Waals surface area contributed by atoms with Gasteiger partial charge in [0.25, 0.3) is 0 Å². The SMILES string of the molecule is CC(I)CCC(CI)C(C)C1=NC=C(N)C(C)C(C)C1. The van der Waals surface area contributed by atoms with Crippen LogP contribution in [-0.2, 0) is 0 Å². The maximum absolute atomic E-state index is 6.09. The first-order chi connectivity index (χ1) is 9.36. The van der Waals surface area contributed by atoms with Crippen molar-refractivity contribution in [1.82, 2.24) is 0 Å². The van der Waals surface area contributed by atoms with E-state index in [0.717, 1.165) is 22.0 Å². The molecule has 20 heavy (non-hydrogen) atoms. The zero-order valence-corrected chi connectivity index (χ0v) is 17.4. The maximum Gasteiger partial charge on any atom is 0.0457 e. The van der Waals surface area contributed by atoms with Crippen molar-refractivity contribution in [2.24, 2.45) is 34.4 Å². The van der Waals surface area contributed by atoms with Gasteiger partial charge < -0.3 is 5.73 Å². The standard InChI is InChI=1S/C16H28I2N2/c1-10-7-16(20-9-15(19)12(10)3)13(4)14(8-17)6-5-11(2)18/h9-14H,5-8,19H2,1-4H3. The Morgan fingerprint density at radius 3 is 2.55 bits per heavy atom. The van der Waals surface area contributed by atoms with Gasteiger partial charge in [0.2, 0.25) is 0 Å². The van der Waals surface area contributed by atoms with Crippen LogP contribution in [0.15, 0.2) is 16.9 Å². The summed E-state index contributed by atoms with van der Waals surface area (Å²) in [6.45, 7) is 9.16. The molecule has 2 nitrogen and oxygen atoms in total. The number of allylic oxidation sites excluding steroid dienone is 1. The fraction of sp³-hybridized carbons (Fsp3) is 0.812. The van der Waals surface area contributed by atoms with E-state index in [1.807, 2.05) is 6.20 Å². The molecule has 1 rings (SSSR count).